The van der Waals surface area contributed by atoms with Gasteiger partial charge in [-0.05, 0) is 59.1 Å². The van der Waals surface area contributed by atoms with Crippen LogP contribution in [-0.4, -0.2) is 50.6 Å². The quantitative estimate of drug-likeness (QED) is 0.673. The SMILES string of the molecule is C[C@@H](Sc1nnc(N2CCCCC2)n1Cc1ccco1)C(=O)NC(=O)NC(C)(C)C. The van der Waals surface area contributed by atoms with Gasteiger partial charge >= 0.3 is 6.03 Å². The lowest BCUT2D eigenvalue weighted by molar-refractivity contribution is -0.119. The van der Waals surface area contributed by atoms with Crippen molar-refractivity contribution in [3.63, 3.8) is 0 Å². The van der Waals surface area contributed by atoms with Gasteiger partial charge in [0, 0.05) is 18.6 Å². The van der Waals surface area contributed by atoms with Gasteiger partial charge in [-0.25, -0.2) is 4.79 Å². The van der Waals surface area contributed by atoms with Gasteiger partial charge < -0.3 is 14.6 Å². The lowest BCUT2D eigenvalue weighted by Crippen LogP contribution is -2.49. The topological polar surface area (TPSA) is 105 Å². The summed E-state index contributed by atoms with van der Waals surface area (Å²) in [5.74, 6) is 1.19. The molecular formula is C20H30N6O3S. The van der Waals surface area contributed by atoms with Crippen LogP contribution in [0.4, 0.5) is 10.7 Å². The number of carbonyl (C=O) groups excluding carboxylic acids is 2. The van der Waals surface area contributed by atoms with Gasteiger partial charge in [-0.1, -0.05) is 11.8 Å². The van der Waals surface area contributed by atoms with Crippen molar-refractivity contribution in [2.45, 2.75) is 69.4 Å². The normalized spacial score (nSPS) is 15.7. The van der Waals surface area contributed by atoms with Crippen LogP contribution in [-0.2, 0) is 11.3 Å². The van der Waals surface area contributed by atoms with E-state index < -0.39 is 16.8 Å². The Balaban J connectivity index is 1.73. The number of amides is 3. The number of rotatable bonds is 6. The maximum atomic E-state index is 12.5. The Morgan fingerprint density at radius 3 is 2.60 bits per heavy atom. The zero-order valence-electron chi connectivity index (χ0n) is 18.0. The minimum absolute atomic E-state index is 0.381. The number of aromatic nitrogens is 3. The zero-order chi connectivity index (χ0) is 21.7. The van der Waals surface area contributed by atoms with E-state index in [1.807, 2.05) is 37.5 Å². The lowest BCUT2D eigenvalue weighted by atomic mass is 10.1. The van der Waals surface area contributed by atoms with Crippen LogP contribution >= 0.6 is 11.8 Å². The number of hydrogen-bond acceptors (Lipinski definition) is 7. The van der Waals surface area contributed by atoms with Crippen LogP contribution in [0, 0.1) is 0 Å². The molecule has 1 aliphatic rings. The first-order chi connectivity index (χ1) is 14.2. The molecule has 1 saturated heterocycles. The molecule has 2 N–H and O–H groups in total. The summed E-state index contributed by atoms with van der Waals surface area (Å²) in [4.78, 5) is 26.7. The van der Waals surface area contributed by atoms with Crippen LogP contribution in [0.15, 0.2) is 28.0 Å². The molecule has 2 aromatic heterocycles. The largest absolute Gasteiger partial charge is 0.467 e. The Kier molecular flexibility index (Phi) is 7.06. The van der Waals surface area contributed by atoms with E-state index in [1.165, 1.54) is 18.2 Å². The molecule has 1 fully saturated rings. The predicted octanol–water partition coefficient (Wildman–Crippen LogP) is 3.01. The molecule has 2 aromatic rings. The van der Waals surface area contributed by atoms with Crippen molar-refractivity contribution in [3.05, 3.63) is 24.2 Å². The van der Waals surface area contributed by atoms with E-state index in [0.717, 1.165) is 37.6 Å². The highest BCUT2D eigenvalue weighted by Gasteiger charge is 2.25. The molecule has 0 aromatic carbocycles. The van der Waals surface area contributed by atoms with Crippen molar-refractivity contribution in [2.75, 3.05) is 18.0 Å². The zero-order valence-corrected chi connectivity index (χ0v) is 18.8. The number of furan rings is 1. The number of urea groups is 1. The molecule has 3 amide bonds. The molecule has 3 rings (SSSR count). The van der Waals surface area contributed by atoms with Gasteiger partial charge in [0.05, 0.1) is 18.1 Å². The molecule has 0 aliphatic carbocycles. The van der Waals surface area contributed by atoms with Crippen molar-refractivity contribution in [2.24, 2.45) is 0 Å². The third-order valence-electron chi connectivity index (χ3n) is 4.61. The molecule has 1 aliphatic heterocycles. The molecule has 0 radical (unpaired) electrons. The minimum atomic E-state index is -0.524. The Morgan fingerprint density at radius 1 is 1.23 bits per heavy atom. The Hall–Kier alpha value is -2.49. The summed E-state index contributed by atoms with van der Waals surface area (Å²) in [6.45, 7) is 9.66. The van der Waals surface area contributed by atoms with Crippen molar-refractivity contribution >= 4 is 29.6 Å². The number of nitrogens with zero attached hydrogens (tertiary/aromatic N) is 4. The number of nitrogens with one attached hydrogen (secondary N) is 2. The molecule has 0 saturated carbocycles. The van der Waals surface area contributed by atoms with Crippen LogP contribution in [0.5, 0.6) is 0 Å². The maximum Gasteiger partial charge on any atom is 0.321 e. The first-order valence-electron chi connectivity index (χ1n) is 10.2. The Morgan fingerprint density at radius 2 is 1.97 bits per heavy atom. The number of anilines is 1. The molecule has 10 heteroatoms. The van der Waals surface area contributed by atoms with Gasteiger partial charge in [0.2, 0.25) is 11.9 Å². The minimum Gasteiger partial charge on any atom is -0.467 e. The van der Waals surface area contributed by atoms with Crippen LogP contribution < -0.4 is 15.5 Å². The number of thioether (sulfide) groups is 1. The summed E-state index contributed by atoms with van der Waals surface area (Å²) in [5, 5.41) is 14.0. The van der Waals surface area contributed by atoms with Gasteiger partial charge in [0.15, 0.2) is 5.16 Å². The highest BCUT2D eigenvalue weighted by Crippen LogP contribution is 2.28. The molecule has 164 valence electrons. The summed E-state index contributed by atoms with van der Waals surface area (Å²) in [7, 11) is 0. The first kappa shape index (κ1) is 22.2. The van der Waals surface area contributed by atoms with Crippen molar-refractivity contribution in [3.8, 4) is 0 Å². The standard InChI is InChI=1S/C20H30N6O3S/c1-14(16(27)21-17(28)22-20(2,3)4)30-19-24-23-18(25-10-6-5-7-11-25)26(19)13-15-9-8-12-29-15/h8-9,12,14H,5-7,10-11,13H2,1-4H3,(H2,21,22,27,28)/t14-/m1/s1. The second-order valence-electron chi connectivity index (χ2n) is 8.45. The van der Waals surface area contributed by atoms with E-state index in [2.05, 4.69) is 25.7 Å². The lowest BCUT2D eigenvalue weighted by Gasteiger charge is -2.27. The maximum absolute atomic E-state index is 12.5. The van der Waals surface area contributed by atoms with Crippen molar-refractivity contribution < 1.29 is 14.0 Å². The number of imide groups is 1. The van der Waals surface area contributed by atoms with E-state index in [0.29, 0.717) is 11.7 Å². The van der Waals surface area contributed by atoms with Crippen LogP contribution in [0.1, 0.15) is 52.7 Å². The number of carbonyl (C=O) groups is 2. The fraction of sp³-hybridized carbons (Fsp3) is 0.600. The number of hydrogen-bond donors (Lipinski definition) is 2. The van der Waals surface area contributed by atoms with Crippen LogP contribution in [0.25, 0.3) is 0 Å². The van der Waals surface area contributed by atoms with Crippen molar-refractivity contribution in [1.29, 1.82) is 0 Å². The summed E-state index contributed by atoms with van der Waals surface area (Å²) in [6.07, 6.45) is 5.10. The molecule has 30 heavy (non-hydrogen) atoms. The molecule has 0 unspecified atom stereocenters. The van der Waals surface area contributed by atoms with E-state index in [9.17, 15) is 9.59 Å². The van der Waals surface area contributed by atoms with Gasteiger partial charge in [0.25, 0.3) is 0 Å². The van der Waals surface area contributed by atoms with E-state index in [4.69, 9.17) is 4.42 Å². The smallest absolute Gasteiger partial charge is 0.321 e. The monoisotopic (exact) mass is 434 g/mol. The summed E-state index contributed by atoms with van der Waals surface area (Å²) in [5.41, 5.74) is -0.423. The third kappa shape index (κ3) is 6.01. The molecule has 3 heterocycles. The Bertz CT molecular complexity index is 853. The molecule has 0 bridgehead atoms. The highest BCUT2D eigenvalue weighted by molar-refractivity contribution is 8.00. The van der Waals surface area contributed by atoms with Crippen LogP contribution in [0.3, 0.4) is 0 Å². The molecule has 9 nitrogen and oxygen atoms in total. The third-order valence-corrected chi connectivity index (χ3v) is 5.69. The summed E-state index contributed by atoms with van der Waals surface area (Å²) < 4.78 is 7.50. The Labute approximate surface area is 181 Å². The van der Waals surface area contributed by atoms with Gasteiger partial charge in [-0.2, -0.15) is 0 Å². The highest BCUT2D eigenvalue weighted by atomic mass is 32.2. The fourth-order valence-electron chi connectivity index (χ4n) is 3.19. The average Bonchev–Trinajstić information content (AvgIpc) is 3.32. The predicted molar refractivity (Wildman–Crippen MR) is 116 cm³/mol. The number of piperidine rings is 1. The van der Waals surface area contributed by atoms with E-state index >= 15 is 0 Å². The second-order valence-corrected chi connectivity index (χ2v) is 9.76. The van der Waals surface area contributed by atoms with Gasteiger partial charge in [-0.15, -0.1) is 10.2 Å². The molecule has 0 spiro atoms. The molecular weight excluding hydrogens is 404 g/mol. The van der Waals surface area contributed by atoms with E-state index in [-0.39, 0.29) is 5.91 Å². The second kappa shape index (κ2) is 9.55. The average molecular weight is 435 g/mol. The van der Waals surface area contributed by atoms with E-state index in [1.54, 1.807) is 13.2 Å². The van der Waals surface area contributed by atoms with Gasteiger partial charge in [-0.3, -0.25) is 14.7 Å². The summed E-state index contributed by atoms with van der Waals surface area (Å²) >= 11 is 1.27. The summed E-state index contributed by atoms with van der Waals surface area (Å²) in [6, 6.07) is 3.24. The van der Waals surface area contributed by atoms with Gasteiger partial charge in [0.1, 0.15) is 5.76 Å². The molecule has 1 atom stereocenters. The fourth-order valence-corrected chi connectivity index (χ4v) is 4.03. The van der Waals surface area contributed by atoms with Crippen molar-refractivity contribution in [1.82, 2.24) is 25.4 Å². The van der Waals surface area contributed by atoms with Crippen LogP contribution in [0.2, 0.25) is 0 Å². The first-order valence-corrected chi connectivity index (χ1v) is 11.1.